The quantitative estimate of drug-likeness (QED) is 0.0603. The molecule has 6 aliphatic heterocycles. The molecule has 2 aromatic rings. The number of amides is 7. The minimum atomic E-state index is -5.06. The summed E-state index contributed by atoms with van der Waals surface area (Å²) in [6.45, 7) is 19.5. The predicted molar refractivity (Wildman–Crippen MR) is 334 cm³/mol. The molecule has 17 N–H and O–H groups in total. The number of hydrogen-bond acceptors (Lipinski definition) is 18. The van der Waals surface area contributed by atoms with Crippen molar-refractivity contribution in [2.45, 2.75) is 195 Å². The second kappa shape index (κ2) is 25.7. The maximum Gasteiger partial charge on any atom is 0.472 e. The van der Waals surface area contributed by atoms with Gasteiger partial charge in [-0.25, -0.2) is 9.55 Å². The average molecular weight is 1270 g/mol. The van der Waals surface area contributed by atoms with Crippen LogP contribution in [-0.4, -0.2) is 138 Å². The second-order valence-corrected chi connectivity index (χ2v) is 28.8. The standard InChI is InChI=1S/C62H92N13O14P/c1-29-20-39-40(21-30(29)2)75(28-70-39)57-52(84)53(41(27-76)87-57)89-90(85,86)88-31(3)26-69-49(83)18-19-59(8)37(22-46(66)80)56-62(11)61(10,25-48(68)82)36(14-17-45(65)79)51(74-62)33(5)55-60(9,24-47(67)81)34(12-15-43(63)77)38(71-55)23-42-58(6,7)35(13-16-44(64)78)50(72-42)32(4)54(59)73-56/h20-21,23,28,31-32,34-37,41,50,52-53,56-57,71,76,84H,12-19,22,24-27H2,1-11H3,(H2,63,77)(H2,64,78)(H2,65,79)(H2,66,80)(H2,67,81)(H2,68,82)(H,69,83)(H,85,86). The van der Waals surface area contributed by atoms with Gasteiger partial charge in [-0.2, -0.15) is 0 Å². The number of aliphatic hydroxyl groups is 2. The van der Waals surface area contributed by atoms with E-state index in [2.05, 4.69) is 15.6 Å². The number of nitrogens with zero attached hydrogens (tertiary/aromatic N) is 5. The van der Waals surface area contributed by atoms with Crippen molar-refractivity contribution >= 4 is 77.3 Å². The number of aliphatic hydroxyl groups excluding tert-OH is 2. The number of nitrogens with two attached hydrogens (primary N) is 6. The highest BCUT2D eigenvalue weighted by atomic mass is 31.2. The monoisotopic (exact) mass is 1270 g/mol. The Morgan fingerprint density at radius 2 is 1.42 bits per heavy atom. The fraction of sp³-hybridized carbons (Fsp3) is 0.661. The van der Waals surface area contributed by atoms with E-state index in [1.165, 1.54) is 13.3 Å². The maximum absolute atomic E-state index is 14.4. The van der Waals surface area contributed by atoms with Crippen molar-refractivity contribution in [2.75, 3.05) is 13.2 Å². The third kappa shape index (κ3) is 13.1. The predicted octanol–water partition coefficient (Wildman–Crippen LogP) is 2.89. The van der Waals surface area contributed by atoms with Gasteiger partial charge in [0.15, 0.2) is 6.23 Å². The van der Waals surface area contributed by atoms with Crippen molar-refractivity contribution in [3.8, 4) is 0 Å². The Morgan fingerprint density at radius 3 is 2.02 bits per heavy atom. The van der Waals surface area contributed by atoms with Crippen LogP contribution in [0.1, 0.15) is 150 Å². The summed E-state index contributed by atoms with van der Waals surface area (Å²) >= 11 is 0. The van der Waals surface area contributed by atoms with Crippen LogP contribution in [0, 0.1) is 65.1 Å². The number of nitrogens with one attached hydrogen (secondary N) is 2. The van der Waals surface area contributed by atoms with Gasteiger partial charge in [0, 0.05) is 125 Å². The average Bonchev–Trinajstić information content (AvgIpc) is 1.53. The summed E-state index contributed by atoms with van der Waals surface area (Å²) in [6, 6.07) is 2.09. The third-order valence-electron chi connectivity index (χ3n) is 21.1. The van der Waals surface area contributed by atoms with Crippen LogP contribution in [0.2, 0.25) is 0 Å². The third-order valence-corrected chi connectivity index (χ3v) is 22.2. The van der Waals surface area contributed by atoms with Gasteiger partial charge in [-0.3, -0.25) is 57.6 Å². The van der Waals surface area contributed by atoms with Gasteiger partial charge < -0.3 is 69.4 Å². The number of phosphoric acid groups is 1. The van der Waals surface area contributed by atoms with E-state index in [1.54, 1.807) is 4.57 Å². The summed E-state index contributed by atoms with van der Waals surface area (Å²) < 4.78 is 32.3. The van der Waals surface area contributed by atoms with Crippen molar-refractivity contribution in [3.63, 3.8) is 0 Å². The van der Waals surface area contributed by atoms with Crippen LogP contribution >= 0.6 is 7.82 Å². The number of benzene rings is 1. The van der Waals surface area contributed by atoms with Crippen LogP contribution in [0.4, 0.5) is 0 Å². The molecule has 1 aromatic heterocycles. The van der Waals surface area contributed by atoms with E-state index in [1.807, 2.05) is 87.4 Å². The number of carbonyl (C=O) groups is 7. The van der Waals surface area contributed by atoms with Crippen molar-refractivity contribution in [2.24, 2.45) is 101 Å². The van der Waals surface area contributed by atoms with Crippen LogP contribution in [0.25, 0.3) is 11.0 Å². The molecule has 0 aliphatic carbocycles. The summed E-state index contributed by atoms with van der Waals surface area (Å²) in [5.41, 5.74) is 36.8. The van der Waals surface area contributed by atoms with E-state index in [0.29, 0.717) is 45.1 Å². The van der Waals surface area contributed by atoms with E-state index in [9.17, 15) is 53.2 Å². The van der Waals surface area contributed by atoms with Gasteiger partial charge in [0.05, 0.1) is 47.7 Å². The molecule has 0 saturated carbocycles. The normalized spacial score (nSPS) is 33.6. The summed E-state index contributed by atoms with van der Waals surface area (Å²) in [4.78, 5) is 126. The van der Waals surface area contributed by atoms with E-state index in [4.69, 9.17) is 63.2 Å². The van der Waals surface area contributed by atoms with Crippen molar-refractivity contribution in [3.05, 3.63) is 52.6 Å². The molecule has 6 aliphatic rings. The van der Waals surface area contributed by atoms with Gasteiger partial charge in [-0.05, 0) is 101 Å². The zero-order chi connectivity index (χ0) is 66.7. The first-order valence-electron chi connectivity index (χ1n) is 30.8. The molecule has 2 fully saturated rings. The smallest absolute Gasteiger partial charge is 0.394 e. The van der Waals surface area contributed by atoms with Crippen LogP contribution in [-0.2, 0) is 51.9 Å². The minimum absolute atomic E-state index is 0.00639. The van der Waals surface area contributed by atoms with Crippen LogP contribution in [0.15, 0.2) is 56.5 Å². The first-order chi connectivity index (χ1) is 41.8. The number of aliphatic imine (C=N–C) groups is 3. The molecule has 7 amide bonds. The molecule has 17 unspecified atom stereocenters. The lowest BCUT2D eigenvalue weighted by molar-refractivity contribution is -0.124. The van der Waals surface area contributed by atoms with E-state index < -0.39 is 155 Å². The van der Waals surface area contributed by atoms with Crippen LogP contribution in [0.5, 0.6) is 0 Å². The SMILES string of the molecule is CC1=C2NC(=CC3=NC(C(C)C4=NC(C(CC(N)=O)C4(C)CCC(=O)NCC(C)OP(=O)(O)OC4C(CO)OC(n5cnc6cc(C)c(C)cc65)C4O)C4(C)N=C1C(CCC(N)=O)C4(C)CC(N)=O)C(CCC(N)=O)C3(C)C)C(CCC(N)=O)C2(C)CC(N)=O. The number of hydrogen-bond donors (Lipinski definition) is 11. The summed E-state index contributed by atoms with van der Waals surface area (Å²) in [5, 5.41) is 28.3. The highest BCUT2D eigenvalue weighted by Crippen LogP contribution is 2.63. The summed E-state index contributed by atoms with van der Waals surface area (Å²) in [6.07, 6.45) is -3.97. The molecule has 7 heterocycles. The Kier molecular flexibility index (Phi) is 19.8. The van der Waals surface area contributed by atoms with Crippen LogP contribution < -0.4 is 45.0 Å². The number of primary amides is 6. The molecule has 8 rings (SSSR count). The zero-order valence-corrected chi connectivity index (χ0v) is 54.3. The Morgan fingerprint density at radius 1 is 0.811 bits per heavy atom. The Bertz CT molecular complexity index is 3450. The molecule has 90 heavy (non-hydrogen) atoms. The topological polar surface area (TPSA) is 460 Å². The number of carbonyl (C=O) groups excluding carboxylic acids is 7. The lowest BCUT2D eigenvalue weighted by Crippen LogP contribution is -2.56. The number of aryl methyl sites for hydroxylation is 2. The number of ether oxygens (including phenoxy) is 1. The molecule has 0 spiro atoms. The summed E-state index contributed by atoms with van der Waals surface area (Å²) in [5.74, 6) is -7.54. The Hall–Kier alpha value is -6.74. The number of phosphoric ester groups is 1. The Labute approximate surface area is 524 Å². The fourth-order valence-electron chi connectivity index (χ4n) is 16.0. The van der Waals surface area contributed by atoms with Gasteiger partial charge in [-0.1, -0.05) is 41.5 Å². The lowest BCUT2D eigenvalue weighted by Gasteiger charge is -2.48. The molecule has 2 saturated heterocycles. The molecule has 8 bridgehead atoms. The minimum Gasteiger partial charge on any atom is -0.394 e. The van der Waals surface area contributed by atoms with Gasteiger partial charge in [0.1, 0.15) is 18.3 Å². The molecule has 17 atom stereocenters. The molecule has 27 nitrogen and oxygen atoms in total. The van der Waals surface area contributed by atoms with Gasteiger partial charge in [0.2, 0.25) is 41.4 Å². The first-order valence-corrected chi connectivity index (χ1v) is 32.3. The zero-order valence-electron chi connectivity index (χ0n) is 53.4. The first kappa shape index (κ1) is 69.2. The van der Waals surface area contributed by atoms with Crippen molar-refractivity contribution in [1.29, 1.82) is 0 Å². The Balaban J connectivity index is 1.18. The van der Waals surface area contributed by atoms with Crippen LogP contribution in [0.3, 0.4) is 0 Å². The molecule has 28 heteroatoms. The fourth-order valence-corrected chi connectivity index (χ4v) is 17.1. The molecule has 0 radical (unpaired) electrons. The number of aromatic nitrogens is 2. The van der Waals surface area contributed by atoms with Gasteiger partial charge in [-0.15, -0.1) is 0 Å². The maximum atomic E-state index is 14.4. The van der Waals surface area contributed by atoms with E-state index >= 15 is 0 Å². The van der Waals surface area contributed by atoms with Gasteiger partial charge >= 0.3 is 7.82 Å². The van der Waals surface area contributed by atoms with Gasteiger partial charge in [0.25, 0.3) is 0 Å². The number of rotatable bonds is 26. The second-order valence-electron chi connectivity index (χ2n) is 27.5. The number of imidazole rings is 1. The number of allylic oxidation sites excluding steroid dienone is 4. The van der Waals surface area contributed by atoms with E-state index in [-0.39, 0.29) is 77.2 Å². The molecule has 494 valence electrons. The van der Waals surface area contributed by atoms with Crippen molar-refractivity contribution in [1.82, 2.24) is 20.2 Å². The summed E-state index contributed by atoms with van der Waals surface area (Å²) in [7, 11) is -5.06. The van der Waals surface area contributed by atoms with Crippen molar-refractivity contribution < 1.29 is 67.0 Å². The molecular weight excluding hydrogens is 1180 g/mol. The molecular formula is C62H92N13O14P. The lowest BCUT2D eigenvalue weighted by atomic mass is 9.55. The number of fused-ring (bicyclic) bond motifs is 7. The van der Waals surface area contributed by atoms with E-state index in [0.717, 1.165) is 11.1 Å². The largest absolute Gasteiger partial charge is 0.472 e. The highest BCUT2D eigenvalue weighted by Gasteiger charge is 2.67. The molecule has 1 aromatic carbocycles. The highest BCUT2D eigenvalue weighted by molar-refractivity contribution is 7.47.